The van der Waals surface area contributed by atoms with Gasteiger partial charge in [-0.25, -0.2) is 13.8 Å². The molecule has 1 aromatic carbocycles. The summed E-state index contributed by atoms with van der Waals surface area (Å²) in [6.07, 6.45) is 2.20. The van der Waals surface area contributed by atoms with Gasteiger partial charge < -0.3 is 4.57 Å². The maximum absolute atomic E-state index is 14.1. The highest BCUT2D eigenvalue weighted by Gasteiger charge is 2.17. The number of nitrogens with zero attached hydrogens (tertiary/aromatic N) is 3. The third-order valence-electron chi connectivity index (χ3n) is 2.99. The number of hydrogen-bond acceptors (Lipinski definition) is 3. The minimum absolute atomic E-state index is 0.179. The molecule has 0 fully saturated rings. The Labute approximate surface area is 122 Å². The number of rotatable bonds is 4. The molecule has 2 heterocycles. The van der Waals surface area contributed by atoms with Crippen molar-refractivity contribution in [2.45, 2.75) is 13.0 Å². The Morgan fingerprint density at radius 3 is 2.85 bits per heavy atom. The van der Waals surface area contributed by atoms with E-state index in [1.54, 1.807) is 16.3 Å². The second-order valence-electron chi connectivity index (χ2n) is 4.25. The van der Waals surface area contributed by atoms with Crippen molar-refractivity contribution < 1.29 is 8.78 Å². The normalized spacial score (nSPS) is 11.3. The molecule has 104 valence electrons. The first kappa shape index (κ1) is 13.5. The quantitative estimate of drug-likeness (QED) is 0.689. The number of alkyl halides is 1. The fraction of sp³-hybridized carbons (Fsp3) is 0.231. The van der Waals surface area contributed by atoms with Crippen LogP contribution in [-0.2, 0) is 13.0 Å². The summed E-state index contributed by atoms with van der Waals surface area (Å²) >= 11 is 7.22. The van der Waals surface area contributed by atoms with Crippen LogP contribution >= 0.6 is 22.9 Å². The molecule has 0 radical (unpaired) electrons. The van der Waals surface area contributed by atoms with Crippen molar-refractivity contribution in [2.75, 3.05) is 5.88 Å². The van der Waals surface area contributed by atoms with Gasteiger partial charge in [0.15, 0.2) is 11.6 Å². The Hall–Kier alpha value is -1.53. The molecule has 0 saturated carbocycles. The molecule has 2 aromatic heterocycles. The standard InChI is InChI=1S/C13H10ClF2N3S/c14-4-3-11-18-10-2-1-9(15)12(16)13(10)19(11)6-8-5-17-7-20-8/h1-2,5,7H,3-4,6H2. The number of hydrogen-bond donors (Lipinski definition) is 0. The molecule has 0 N–H and O–H groups in total. The van der Waals surface area contributed by atoms with Gasteiger partial charge in [0.2, 0.25) is 0 Å². The lowest BCUT2D eigenvalue weighted by molar-refractivity contribution is 0.512. The number of benzene rings is 1. The third-order valence-corrected chi connectivity index (χ3v) is 3.95. The van der Waals surface area contributed by atoms with Crippen LogP contribution < -0.4 is 0 Å². The molecule has 0 aliphatic heterocycles. The molecular weight excluding hydrogens is 304 g/mol. The molecule has 0 bridgehead atoms. The molecule has 0 unspecified atom stereocenters. The number of aryl methyl sites for hydroxylation is 1. The second kappa shape index (κ2) is 5.46. The highest BCUT2D eigenvalue weighted by atomic mass is 35.5. The van der Waals surface area contributed by atoms with Crippen molar-refractivity contribution >= 4 is 34.0 Å². The van der Waals surface area contributed by atoms with Gasteiger partial charge >= 0.3 is 0 Å². The van der Waals surface area contributed by atoms with Crippen LogP contribution in [0.2, 0.25) is 0 Å². The summed E-state index contributed by atoms with van der Waals surface area (Å²) in [5.41, 5.74) is 2.32. The monoisotopic (exact) mass is 313 g/mol. The predicted octanol–water partition coefficient (Wildman–Crippen LogP) is 3.60. The molecule has 3 nitrogen and oxygen atoms in total. The van der Waals surface area contributed by atoms with E-state index >= 15 is 0 Å². The molecule has 0 aliphatic carbocycles. The van der Waals surface area contributed by atoms with Crippen LogP contribution in [0.5, 0.6) is 0 Å². The van der Waals surface area contributed by atoms with E-state index in [9.17, 15) is 8.78 Å². The van der Waals surface area contributed by atoms with Gasteiger partial charge in [0, 0.05) is 23.4 Å². The summed E-state index contributed by atoms with van der Waals surface area (Å²) in [5, 5.41) is 0. The van der Waals surface area contributed by atoms with Gasteiger partial charge in [-0.1, -0.05) is 0 Å². The van der Waals surface area contributed by atoms with E-state index in [1.165, 1.54) is 17.4 Å². The summed E-state index contributed by atoms with van der Waals surface area (Å²) in [7, 11) is 0. The molecule has 7 heteroatoms. The van der Waals surface area contributed by atoms with Gasteiger partial charge in [-0.3, -0.25) is 4.98 Å². The molecule has 0 atom stereocenters. The molecule has 0 saturated heterocycles. The van der Waals surface area contributed by atoms with E-state index in [2.05, 4.69) is 9.97 Å². The highest BCUT2D eigenvalue weighted by molar-refractivity contribution is 7.09. The zero-order valence-electron chi connectivity index (χ0n) is 10.3. The smallest absolute Gasteiger partial charge is 0.184 e. The third kappa shape index (κ3) is 2.29. The van der Waals surface area contributed by atoms with Crippen LogP contribution in [0, 0.1) is 11.6 Å². The fourth-order valence-corrected chi connectivity index (χ4v) is 2.88. The maximum atomic E-state index is 14.1. The maximum Gasteiger partial charge on any atom is 0.184 e. The van der Waals surface area contributed by atoms with Crippen LogP contribution in [0.25, 0.3) is 11.0 Å². The van der Waals surface area contributed by atoms with E-state index in [-0.39, 0.29) is 5.52 Å². The first-order chi connectivity index (χ1) is 9.70. The first-order valence-corrected chi connectivity index (χ1v) is 7.38. The van der Waals surface area contributed by atoms with E-state index < -0.39 is 11.6 Å². The summed E-state index contributed by atoms with van der Waals surface area (Å²) < 4.78 is 29.2. The van der Waals surface area contributed by atoms with Crippen molar-refractivity contribution in [1.82, 2.24) is 14.5 Å². The lowest BCUT2D eigenvalue weighted by Gasteiger charge is -2.07. The van der Waals surface area contributed by atoms with Gasteiger partial charge in [-0.15, -0.1) is 22.9 Å². The molecule has 20 heavy (non-hydrogen) atoms. The minimum Gasteiger partial charge on any atom is -0.320 e. The predicted molar refractivity (Wildman–Crippen MR) is 75.3 cm³/mol. The molecule has 0 aliphatic rings. The van der Waals surface area contributed by atoms with Gasteiger partial charge in [-0.2, -0.15) is 0 Å². The topological polar surface area (TPSA) is 30.7 Å². The van der Waals surface area contributed by atoms with Crippen molar-refractivity contribution in [3.8, 4) is 0 Å². The Balaban J connectivity index is 2.19. The number of aromatic nitrogens is 3. The number of fused-ring (bicyclic) bond motifs is 1. The molecular formula is C13H10ClF2N3S. The Bertz CT molecular complexity index is 740. The van der Waals surface area contributed by atoms with Gasteiger partial charge in [0.05, 0.1) is 17.6 Å². The fourth-order valence-electron chi connectivity index (χ4n) is 2.13. The minimum atomic E-state index is -0.875. The zero-order chi connectivity index (χ0) is 14.1. The second-order valence-corrected chi connectivity index (χ2v) is 5.60. The van der Waals surface area contributed by atoms with Crippen LogP contribution in [0.15, 0.2) is 23.8 Å². The van der Waals surface area contributed by atoms with E-state index in [0.717, 1.165) is 10.9 Å². The zero-order valence-corrected chi connectivity index (χ0v) is 11.9. The first-order valence-electron chi connectivity index (χ1n) is 5.97. The largest absolute Gasteiger partial charge is 0.320 e. The number of halogens is 3. The lowest BCUT2D eigenvalue weighted by atomic mass is 10.3. The average Bonchev–Trinajstić information content (AvgIpc) is 3.04. The number of imidazole rings is 1. The average molecular weight is 314 g/mol. The Kier molecular flexibility index (Phi) is 3.67. The Morgan fingerprint density at radius 1 is 1.30 bits per heavy atom. The lowest BCUT2D eigenvalue weighted by Crippen LogP contribution is -2.06. The molecule has 3 rings (SSSR count). The van der Waals surface area contributed by atoms with Crippen LogP contribution in [-0.4, -0.2) is 20.4 Å². The number of thiazole rings is 1. The van der Waals surface area contributed by atoms with Crippen LogP contribution in [0.3, 0.4) is 0 Å². The van der Waals surface area contributed by atoms with Crippen molar-refractivity contribution in [3.63, 3.8) is 0 Å². The summed E-state index contributed by atoms with van der Waals surface area (Å²) in [6.45, 7) is 0.410. The van der Waals surface area contributed by atoms with Gasteiger partial charge in [-0.05, 0) is 12.1 Å². The summed E-state index contributed by atoms with van der Waals surface area (Å²) in [4.78, 5) is 9.28. The van der Waals surface area contributed by atoms with E-state index in [4.69, 9.17) is 11.6 Å². The summed E-state index contributed by atoms with van der Waals surface area (Å²) in [6, 6.07) is 2.57. The Morgan fingerprint density at radius 2 is 2.15 bits per heavy atom. The van der Waals surface area contributed by atoms with Crippen LogP contribution in [0.1, 0.15) is 10.7 Å². The SMILES string of the molecule is Fc1ccc2nc(CCCl)n(Cc3cncs3)c2c1F. The van der Waals surface area contributed by atoms with Crippen molar-refractivity contribution in [1.29, 1.82) is 0 Å². The van der Waals surface area contributed by atoms with E-state index in [0.29, 0.717) is 30.2 Å². The highest BCUT2D eigenvalue weighted by Crippen LogP contribution is 2.24. The van der Waals surface area contributed by atoms with Crippen LogP contribution in [0.4, 0.5) is 8.78 Å². The molecule has 3 aromatic rings. The van der Waals surface area contributed by atoms with E-state index in [1.807, 2.05) is 0 Å². The van der Waals surface area contributed by atoms with Gasteiger partial charge in [0.25, 0.3) is 0 Å². The van der Waals surface area contributed by atoms with Crippen molar-refractivity contribution in [2.24, 2.45) is 0 Å². The molecule has 0 spiro atoms. The summed E-state index contributed by atoms with van der Waals surface area (Å²) in [5.74, 6) is -0.732. The van der Waals surface area contributed by atoms with Crippen molar-refractivity contribution in [3.05, 3.63) is 46.2 Å². The molecule has 0 amide bonds. The van der Waals surface area contributed by atoms with Gasteiger partial charge in [0.1, 0.15) is 11.3 Å².